The molecular formula is C11H15N4P. The maximum absolute atomic E-state index is 4.34. The summed E-state index contributed by atoms with van der Waals surface area (Å²) in [6.45, 7) is 2.06. The van der Waals surface area contributed by atoms with Crippen LogP contribution < -0.4 is 0 Å². The van der Waals surface area contributed by atoms with Gasteiger partial charge in [0.1, 0.15) is 12.0 Å². The summed E-state index contributed by atoms with van der Waals surface area (Å²) in [6.07, 6.45) is 5.63. The zero-order chi connectivity index (χ0) is 11.7. The van der Waals surface area contributed by atoms with Crippen LogP contribution in [-0.4, -0.2) is 33.3 Å². The molecule has 0 aliphatic heterocycles. The van der Waals surface area contributed by atoms with Gasteiger partial charge in [-0.05, 0) is 28.0 Å². The Labute approximate surface area is 97.3 Å². The molecule has 2 rings (SSSR count). The second-order valence-corrected chi connectivity index (χ2v) is 4.51. The Morgan fingerprint density at radius 2 is 2.19 bits per heavy atom. The minimum absolute atomic E-state index is 0.932. The first-order chi connectivity index (χ1) is 7.59. The Balaban J connectivity index is 2.61. The molecule has 0 aliphatic carbocycles. The molecule has 0 saturated carbocycles. The first-order valence-electron chi connectivity index (χ1n) is 5.02. The Kier molecular flexibility index (Phi) is 2.92. The fraction of sp³-hybridized carbons (Fsp3) is 0.273. The number of allylic oxidation sites excluding steroid dienone is 1. The summed E-state index contributed by atoms with van der Waals surface area (Å²) in [6, 6.07) is 2.03. The van der Waals surface area contributed by atoms with E-state index in [4.69, 9.17) is 0 Å². The van der Waals surface area contributed by atoms with Gasteiger partial charge in [-0.2, -0.15) is 0 Å². The molecule has 0 aromatic carbocycles. The maximum Gasteiger partial charge on any atom is 0.146 e. The third-order valence-electron chi connectivity index (χ3n) is 2.33. The van der Waals surface area contributed by atoms with Crippen molar-refractivity contribution in [2.45, 2.75) is 6.92 Å². The molecule has 1 unspecified atom stereocenters. The van der Waals surface area contributed by atoms with Crippen molar-refractivity contribution in [3.63, 3.8) is 0 Å². The second kappa shape index (κ2) is 4.22. The predicted molar refractivity (Wildman–Crippen MR) is 70.0 cm³/mol. The van der Waals surface area contributed by atoms with Crippen molar-refractivity contribution in [2.75, 3.05) is 14.1 Å². The van der Waals surface area contributed by atoms with E-state index in [9.17, 15) is 0 Å². The van der Waals surface area contributed by atoms with Crippen molar-refractivity contribution in [3.05, 3.63) is 30.5 Å². The fourth-order valence-corrected chi connectivity index (χ4v) is 2.03. The molecular weight excluding hydrogens is 219 g/mol. The van der Waals surface area contributed by atoms with Crippen LogP contribution in [-0.2, 0) is 0 Å². The first-order valence-corrected chi connectivity index (χ1v) is 5.53. The number of aromatic nitrogens is 3. The minimum atomic E-state index is 0.932. The third kappa shape index (κ3) is 1.93. The van der Waals surface area contributed by atoms with Crippen LogP contribution in [0.3, 0.4) is 0 Å². The molecule has 0 radical (unpaired) electrons. The molecule has 2 heterocycles. The summed E-state index contributed by atoms with van der Waals surface area (Å²) >= 11 is 0. The molecule has 1 atom stereocenters. The molecule has 0 amide bonds. The standard InChI is InChI=1S/C11H15N4P/c1-8(6-14(2)3)10-9-4-5-15(16)11(9)13-7-12-10/h4-7H,16H2,1-3H3/b8-6-. The highest BCUT2D eigenvalue weighted by Gasteiger charge is 2.07. The zero-order valence-corrected chi connectivity index (χ0v) is 10.8. The third-order valence-corrected chi connectivity index (χ3v) is 2.75. The monoisotopic (exact) mass is 234 g/mol. The molecule has 84 valence electrons. The Hall–Kier alpha value is -1.41. The smallest absolute Gasteiger partial charge is 0.146 e. The summed E-state index contributed by atoms with van der Waals surface area (Å²) in [5.74, 6) is 0. The Morgan fingerprint density at radius 3 is 2.88 bits per heavy atom. The van der Waals surface area contributed by atoms with E-state index >= 15 is 0 Å². The van der Waals surface area contributed by atoms with E-state index in [1.165, 1.54) is 0 Å². The van der Waals surface area contributed by atoms with Crippen LogP contribution in [0.5, 0.6) is 0 Å². The first kappa shape index (κ1) is 11.1. The quantitative estimate of drug-likeness (QED) is 0.745. The SMILES string of the molecule is C/C(=C/N(C)C)c1ncnc2c1ccn2P. The zero-order valence-electron chi connectivity index (χ0n) is 9.68. The lowest BCUT2D eigenvalue weighted by Gasteiger charge is -2.08. The molecule has 16 heavy (non-hydrogen) atoms. The van der Waals surface area contributed by atoms with Crippen LogP contribution in [0.15, 0.2) is 24.8 Å². The number of hydrogen-bond donors (Lipinski definition) is 0. The van der Waals surface area contributed by atoms with Gasteiger partial charge in [0.2, 0.25) is 0 Å². The number of hydrogen-bond acceptors (Lipinski definition) is 3. The lowest BCUT2D eigenvalue weighted by molar-refractivity contribution is 0.565. The van der Waals surface area contributed by atoms with Crippen LogP contribution in [0.1, 0.15) is 12.6 Å². The highest BCUT2D eigenvalue weighted by molar-refractivity contribution is 7.14. The van der Waals surface area contributed by atoms with E-state index < -0.39 is 0 Å². The molecule has 4 nitrogen and oxygen atoms in total. The van der Waals surface area contributed by atoms with Crippen molar-refractivity contribution < 1.29 is 0 Å². The number of fused-ring (bicyclic) bond motifs is 1. The molecule has 2 aromatic rings. The summed E-state index contributed by atoms with van der Waals surface area (Å²) in [7, 11) is 6.62. The fourth-order valence-electron chi connectivity index (χ4n) is 1.73. The largest absolute Gasteiger partial charge is 0.383 e. The van der Waals surface area contributed by atoms with Gasteiger partial charge in [0, 0.05) is 31.9 Å². The Morgan fingerprint density at radius 1 is 1.44 bits per heavy atom. The van der Waals surface area contributed by atoms with Crippen LogP contribution in [0.2, 0.25) is 0 Å². The van der Waals surface area contributed by atoms with Crippen molar-refractivity contribution in [3.8, 4) is 0 Å². The molecule has 0 aliphatic rings. The maximum atomic E-state index is 4.34. The lowest BCUT2D eigenvalue weighted by Crippen LogP contribution is -2.02. The van der Waals surface area contributed by atoms with Gasteiger partial charge in [-0.1, -0.05) is 0 Å². The lowest BCUT2D eigenvalue weighted by atomic mass is 10.1. The van der Waals surface area contributed by atoms with Crippen LogP contribution in [0.25, 0.3) is 16.6 Å². The van der Waals surface area contributed by atoms with Gasteiger partial charge in [-0.15, -0.1) is 0 Å². The van der Waals surface area contributed by atoms with Crippen LogP contribution >= 0.6 is 9.39 Å². The molecule has 0 saturated heterocycles. The number of rotatable bonds is 2. The molecule has 0 N–H and O–H groups in total. The van der Waals surface area contributed by atoms with Gasteiger partial charge in [0.05, 0.1) is 5.69 Å². The molecule has 0 bridgehead atoms. The average molecular weight is 234 g/mol. The van der Waals surface area contributed by atoms with E-state index in [0.29, 0.717) is 0 Å². The molecule has 2 aromatic heterocycles. The van der Waals surface area contributed by atoms with Crippen molar-refractivity contribution in [1.82, 2.24) is 19.2 Å². The van der Waals surface area contributed by atoms with E-state index in [-0.39, 0.29) is 0 Å². The number of nitrogens with zero attached hydrogens (tertiary/aromatic N) is 4. The van der Waals surface area contributed by atoms with Crippen LogP contribution in [0, 0.1) is 0 Å². The topological polar surface area (TPSA) is 34.0 Å². The summed E-state index contributed by atoms with van der Waals surface area (Å²) < 4.78 is 1.92. The van der Waals surface area contributed by atoms with Gasteiger partial charge in [-0.25, -0.2) is 9.97 Å². The predicted octanol–water partition coefficient (Wildman–Crippen LogP) is 1.99. The van der Waals surface area contributed by atoms with Crippen molar-refractivity contribution in [2.24, 2.45) is 0 Å². The summed E-state index contributed by atoms with van der Waals surface area (Å²) in [5, 5.41) is 1.08. The van der Waals surface area contributed by atoms with Gasteiger partial charge in [-0.3, -0.25) is 0 Å². The van der Waals surface area contributed by atoms with Gasteiger partial charge >= 0.3 is 0 Å². The highest BCUT2D eigenvalue weighted by Crippen LogP contribution is 2.23. The normalized spacial score (nSPS) is 12.1. The van der Waals surface area contributed by atoms with E-state index in [0.717, 1.165) is 22.3 Å². The van der Waals surface area contributed by atoms with Gasteiger partial charge in [0.25, 0.3) is 0 Å². The summed E-state index contributed by atoms with van der Waals surface area (Å²) in [4.78, 5) is 10.6. The molecule has 5 heteroatoms. The van der Waals surface area contributed by atoms with E-state index in [1.807, 2.05) is 35.6 Å². The van der Waals surface area contributed by atoms with Crippen LogP contribution in [0.4, 0.5) is 0 Å². The average Bonchev–Trinajstić information content (AvgIpc) is 2.59. The Bertz CT molecular complexity index is 542. The second-order valence-electron chi connectivity index (χ2n) is 3.96. The summed E-state index contributed by atoms with van der Waals surface area (Å²) in [5.41, 5.74) is 3.05. The van der Waals surface area contributed by atoms with Gasteiger partial charge in [0.15, 0.2) is 0 Å². The van der Waals surface area contributed by atoms with E-state index in [1.54, 1.807) is 6.33 Å². The minimum Gasteiger partial charge on any atom is -0.383 e. The van der Waals surface area contributed by atoms with Crippen molar-refractivity contribution >= 4 is 26.0 Å². The molecule has 0 fully saturated rings. The van der Waals surface area contributed by atoms with E-state index in [2.05, 4.69) is 32.5 Å². The molecule has 0 spiro atoms. The van der Waals surface area contributed by atoms with Gasteiger partial charge < -0.3 is 9.24 Å². The van der Waals surface area contributed by atoms with Crippen molar-refractivity contribution in [1.29, 1.82) is 0 Å². The highest BCUT2D eigenvalue weighted by atomic mass is 31.0.